The van der Waals surface area contributed by atoms with Crippen molar-refractivity contribution in [2.24, 2.45) is 5.73 Å². The standard InChI is InChI=1S/C25H31N5O3/c1-18-14-23(21-16-27-10-6-22(21)28-18)30-11-7-25(32,8-12-30)17-29(2)24(31)19-4-3-5-20(15-19)33-13-9-26/h3-6,10,14-16,32H,7-9,11-13,17,26H2,1-2H3. The fourth-order valence-corrected chi connectivity index (χ4v) is 4.39. The van der Waals surface area contributed by atoms with Gasteiger partial charge in [-0.2, -0.15) is 0 Å². The van der Waals surface area contributed by atoms with Gasteiger partial charge in [-0.1, -0.05) is 6.07 Å². The molecule has 1 aliphatic heterocycles. The van der Waals surface area contributed by atoms with E-state index in [4.69, 9.17) is 10.5 Å². The molecule has 8 heteroatoms. The molecule has 0 bridgehead atoms. The van der Waals surface area contributed by atoms with Gasteiger partial charge in [0, 0.05) is 68.0 Å². The Balaban J connectivity index is 1.41. The van der Waals surface area contributed by atoms with Crippen molar-refractivity contribution >= 4 is 22.5 Å². The number of hydrogen-bond donors (Lipinski definition) is 2. The van der Waals surface area contributed by atoms with Gasteiger partial charge in [0.15, 0.2) is 0 Å². The van der Waals surface area contributed by atoms with E-state index in [1.54, 1.807) is 42.4 Å². The molecule has 4 rings (SSSR count). The number of piperidine rings is 1. The topological polar surface area (TPSA) is 105 Å². The van der Waals surface area contributed by atoms with Crippen LogP contribution >= 0.6 is 0 Å². The second-order valence-electron chi connectivity index (χ2n) is 8.71. The number of pyridine rings is 2. The third kappa shape index (κ3) is 5.23. The number of fused-ring (bicyclic) bond motifs is 1. The Kier molecular flexibility index (Phi) is 6.76. The Labute approximate surface area is 194 Å². The Bertz CT molecular complexity index is 1130. The number of nitrogens with zero attached hydrogens (tertiary/aromatic N) is 4. The minimum Gasteiger partial charge on any atom is -0.492 e. The highest BCUT2D eigenvalue weighted by Gasteiger charge is 2.35. The molecule has 3 heterocycles. The molecule has 0 saturated carbocycles. The highest BCUT2D eigenvalue weighted by atomic mass is 16.5. The third-order valence-electron chi connectivity index (χ3n) is 6.10. The molecule has 0 unspecified atom stereocenters. The van der Waals surface area contributed by atoms with Crippen LogP contribution in [0.2, 0.25) is 0 Å². The van der Waals surface area contributed by atoms with Gasteiger partial charge in [-0.3, -0.25) is 14.8 Å². The summed E-state index contributed by atoms with van der Waals surface area (Å²) in [7, 11) is 1.73. The first-order valence-corrected chi connectivity index (χ1v) is 11.3. The summed E-state index contributed by atoms with van der Waals surface area (Å²) in [5.41, 5.74) is 8.03. The van der Waals surface area contributed by atoms with Crippen LogP contribution < -0.4 is 15.4 Å². The summed E-state index contributed by atoms with van der Waals surface area (Å²) in [5.74, 6) is 0.465. The number of carbonyl (C=O) groups is 1. The number of aryl methyl sites for hydroxylation is 1. The van der Waals surface area contributed by atoms with Crippen molar-refractivity contribution in [3.05, 3.63) is 60.0 Å². The summed E-state index contributed by atoms with van der Waals surface area (Å²) in [6.07, 6.45) is 4.72. The predicted octanol–water partition coefficient (Wildman–Crippen LogP) is 2.38. The van der Waals surface area contributed by atoms with E-state index in [-0.39, 0.29) is 12.5 Å². The molecule has 3 aromatic rings. The van der Waals surface area contributed by atoms with Crippen molar-refractivity contribution in [2.45, 2.75) is 25.4 Å². The number of anilines is 1. The van der Waals surface area contributed by atoms with Crippen molar-refractivity contribution in [2.75, 3.05) is 44.7 Å². The molecule has 1 amide bonds. The fraction of sp³-hybridized carbons (Fsp3) is 0.400. The first-order valence-electron chi connectivity index (χ1n) is 11.3. The summed E-state index contributed by atoms with van der Waals surface area (Å²) in [5, 5.41) is 12.3. The fourth-order valence-electron chi connectivity index (χ4n) is 4.39. The minimum atomic E-state index is -0.940. The van der Waals surface area contributed by atoms with Gasteiger partial charge in [0.05, 0.1) is 11.1 Å². The largest absolute Gasteiger partial charge is 0.492 e. The summed E-state index contributed by atoms with van der Waals surface area (Å²) in [6, 6.07) is 11.1. The molecule has 8 nitrogen and oxygen atoms in total. The summed E-state index contributed by atoms with van der Waals surface area (Å²) < 4.78 is 5.53. The van der Waals surface area contributed by atoms with Crippen LogP contribution in [0.5, 0.6) is 5.75 Å². The van der Waals surface area contributed by atoms with E-state index < -0.39 is 5.60 Å². The lowest BCUT2D eigenvalue weighted by molar-refractivity contribution is -0.00799. The number of benzene rings is 1. The normalized spacial score (nSPS) is 15.5. The molecule has 2 aromatic heterocycles. The van der Waals surface area contributed by atoms with Gasteiger partial charge in [-0.15, -0.1) is 0 Å². The summed E-state index contributed by atoms with van der Waals surface area (Å²) in [6.45, 7) is 4.44. The van der Waals surface area contributed by atoms with Crippen molar-refractivity contribution in [3.8, 4) is 5.75 Å². The summed E-state index contributed by atoms with van der Waals surface area (Å²) in [4.78, 5) is 25.7. The second-order valence-corrected chi connectivity index (χ2v) is 8.71. The van der Waals surface area contributed by atoms with Crippen molar-refractivity contribution in [3.63, 3.8) is 0 Å². The van der Waals surface area contributed by atoms with Crippen LogP contribution in [0.25, 0.3) is 10.9 Å². The van der Waals surface area contributed by atoms with E-state index in [0.717, 1.165) is 22.3 Å². The molecule has 3 N–H and O–H groups in total. The van der Waals surface area contributed by atoms with Crippen LogP contribution in [-0.2, 0) is 0 Å². The molecule has 33 heavy (non-hydrogen) atoms. The molecular weight excluding hydrogens is 418 g/mol. The average molecular weight is 450 g/mol. The number of nitrogens with two attached hydrogens (primary N) is 1. The lowest BCUT2D eigenvalue weighted by Gasteiger charge is -2.41. The Hall–Kier alpha value is -3.23. The number of ether oxygens (including phenoxy) is 1. The van der Waals surface area contributed by atoms with E-state index in [1.807, 2.05) is 19.2 Å². The van der Waals surface area contributed by atoms with E-state index in [9.17, 15) is 9.90 Å². The van der Waals surface area contributed by atoms with E-state index in [0.29, 0.717) is 50.4 Å². The molecule has 0 atom stereocenters. The molecule has 1 aliphatic rings. The van der Waals surface area contributed by atoms with Crippen LogP contribution in [0.1, 0.15) is 28.9 Å². The first-order chi connectivity index (χ1) is 15.9. The van der Waals surface area contributed by atoms with Gasteiger partial charge in [0.2, 0.25) is 0 Å². The average Bonchev–Trinajstić information content (AvgIpc) is 2.82. The van der Waals surface area contributed by atoms with E-state index in [2.05, 4.69) is 20.9 Å². The zero-order chi connectivity index (χ0) is 23.4. The molecular formula is C25H31N5O3. The molecule has 174 valence electrons. The molecule has 1 saturated heterocycles. The molecule has 1 fully saturated rings. The summed E-state index contributed by atoms with van der Waals surface area (Å²) >= 11 is 0. The first kappa shape index (κ1) is 22.9. The maximum atomic E-state index is 13.0. The van der Waals surface area contributed by atoms with Crippen LogP contribution in [0.4, 0.5) is 5.69 Å². The van der Waals surface area contributed by atoms with Crippen molar-refractivity contribution in [1.82, 2.24) is 14.9 Å². The Morgan fingerprint density at radius 3 is 2.82 bits per heavy atom. The monoisotopic (exact) mass is 449 g/mol. The molecule has 0 spiro atoms. The van der Waals surface area contributed by atoms with Crippen LogP contribution in [-0.4, -0.2) is 71.3 Å². The lowest BCUT2D eigenvalue weighted by atomic mass is 9.90. The number of aliphatic hydroxyl groups is 1. The van der Waals surface area contributed by atoms with Crippen LogP contribution in [0, 0.1) is 6.92 Å². The number of carbonyl (C=O) groups excluding carboxylic acids is 1. The smallest absolute Gasteiger partial charge is 0.253 e. The van der Waals surface area contributed by atoms with Gasteiger partial charge < -0.3 is 25.4 Å². The van der Waals surface area contributed by atoms with Gasteiger partial charge in [0.1, 0.15) is 12.4 Å². The van der Waals surface area contributed by atoms with Crippen LogP contribution in [0.15, 0.2) is 48.8 Å². The van der Waals surface area contributed by atoms with Crippen molar-refractivity contribution in [1.29, 1.82) is 0 Å². The highest BCUT2D eigenvalue weighted by Crippen LogP contribution is 2.32. The third-order valence-corrected chi connectivity index (χ3v) is 6.10. The second kappa shape index (κ2) is 9.72. The number of rotatable bonds is 7. The zero-order valence-electron chi connectivity index (χ0n) is 19.2. The van der Waals surface area contributed by atoms with Gasteiger partial charge in [-0.25, -0.2) is 0 Å². The van der Waals surface area contributed by atoms with Crippen molar-refractivity contribution < 1.29 is 14.6 Å². The van der Waals surface area contributed by atoms with Gasteiger partial charge in [0.25, 0.3) is 5.91 Å². The quantitative estimate of drug-likeness (QED) is 0.571. The molecule has 0 aliphatic carbocycles. The van der Waals surface area contributed by atoms with E-state index in [1.165, 1.54) is 0 Å². The number of likely N-dealkylation sites (N-methyl/N-ethyl adjacent to an activating group) is 1. The Morgan fingerprint density at radius 2 is 2.06 bits per heavy atom. The van der Waals surface area contributed by atoms with Crippen LogP contribution in [0.3, 0.4) is 0 Å². The molecule has 0 radical (unpaired) electrons. The lowest BCUT2D eigenvalue weighted by Crippen LogP contribution is -2.51. The maximum absolute atomic E-state index is 13.0. The van der Waals surface area contributed by atoms with Gasteiger partial charge in [-0.05, 0) is 50.1 Å². The van der Waals surface area contributed by atoms with Gasteiger partial charge >= 0.3 is 0 Å². The highest BCUT2D eigenvalue weighted by molar-refractivity contribution is 5.94. The zero-order valence-corrected chi connectivity index (χ0v) is 19.2. The predicted molar refractivity (Wildman–Crippen MR) is 129 cm³/mol. The number of amides is 1. The van der Waals surface area contributed by atoms with E-state index >= 15 is 0 Å². The molecule has 1 aromatic carbocycles. The Morgan fingerprint density at radius 1 is 1.27 bits per heavy atom. The maximum Gasteiger partial charge on any atom is 0.253 e. The number of aromatic nitrogens is 2. The minimum absolute atomic E-state index is 0.147. The number of hydrogen-bond acceptors (Lipinski definition) is 7. The SMILES string of the molecule is Cc1cc(N2CCC(O)(CN(C)C(=O)c3cccc(OCCN)c3)CC2)c2cnccc2n1.